The smallest absolute Gasteiger partial charge is 0.328 e. The molecule has 0 spiro atoms. The molecule has 0 radical (unpaired) electrons. The lowest BCUT2D eigenvalue weighted by molar-refractivity contribution is -0.144. The number of nitrogens with one attached hydrogen (secondary N) is 1. The van der Waals surface area contributed by atoms with Gasteiger partial charge in [0.15, 0.2) is 0 Å². The third kappa shape index (κ3) is 3.91. The van der Waals surface area contributed by atoms with Crippen LogP contribution in [0.2, 0.25) is 0 Å². The van der Waals surface area contributed by atoms with Crippen LogP contribution in [0.4, 0.5) is 5.69 Å². The average Bonchev–Trinajstić information content (AvgIpc) is 2.36. The first-order valence-corrected chi connectivity index (χ1v) is 6.68. The lowest BCUT2D eigenvalue weighted by atomic mass is 10.2. The van der Waals surface area contributed by atoms with Crippen molar-refractivity contribution in [2.75, 3.05) is 19.0 Å². The van der Waals surface area contributed by atoms with Crippen LogP contribution < -0.4 is 10.1 Å². The van der Waals surface area contributed by atoms with Gasteiger partial charge in [-0.05, 0) is 47.5 Å². The molecule has 0 aromatic heterocycles. The third-order valence-corrected chi connectivity index (χ3v) is 3.09. The fourth-order valence-electron chi connectivity index (χ4n) is 1.53. The standard InChI is InChI=1S/C13H18BrNO3/c1-4-11(13(16)18-5-2)15-9-6-7-12(17-3)10(14)8-9/h6-8,11,15H,4-5H2,1-3H3. The predicted octanol–water partition coefficient (Wildman–Crippen LogP) is 3.21. The molecule has 0 aliphatic carbocycles. The molecular formula is C13H18BrNO3. The summed E-state index contributed by atoms with van der Waals surface area (Å²) in [6.45, 7) is 4.13. The molecule has 0 amide bonds. The molecule has 0 saturated carbocycles. The number of hydrogen-bond donors (Lipinski definition) is 1. The topological polar surface area (TPSA) is 47.6 Å². The zero-order valence-electron chi connectivity index (χ0n) is 10.8. The maximum atomic E-state index is 11.7. The van der Waals surface area contributed by atoms with Gasteiger partial charge in [-0.1, -0.05) is 6.92 Å². The molecule has 1 rings (SSSR count). The highest BCUT2D eigenvalue weighted by Crippen LogP contribution is 2.28. The number of ether oxygens (including phenoxy) is 2. The minimum atomic E-state index is -0.328. The van der Waals surface area contributed by atoms with Gasteiger partial charge in [0, 0.05) is 5.69 Å². The van der Waals surface area contributed by atoms with E-state index >= 15 is 0 Å². The Morgan fingerprint density at radius 2 is 2.17 bits per heavy atom. The maximum absolute atomic E-state index is 11.7. The maximum Gasteiger partial charge on any atom is 0.328 e. The van der Waals surface area contributed by atoms with E-state index in [1.165, 1.54) is 0 Å². The van der Waals surface area contributed by atoms with Crippen LogP contribution in [0.25, 0.3) is 0 Å². The Bertz CT molecular complexity index is 409. The van der Waals surface area contributed by atoms with Crippen LogP contribution in [0.5, 0.6) is 5.75 Å². The Morgan fingerprint density at radius 3 is 2.67 bits per heavy atom. The van der Waals surface area contributed by atoms with Crippen molar-refractivity contribution in [3.63, 3.8) is 0 Å². The zero-order valence-corrected chi connectivity index (χ0v) is 12.4. The molecule has 5 heteroatoms. The summed E-state index contributed by atoms with van der Waals surface area (Å²) in [5.74, 6) is 0.525. The molecule has 0 heterocycles. The summed E-state index contributed by atoms with van der Waals surface area (Å²) in [7, 11) is 1.61. The Hall–Kier alpha value is -1.23. The molecule has 4 nitrogen and oxygen atoms in total. The van der Waals surface area contributed by atoms with Gasteiger partial charge in [0.2, 0.25) is 0 Å². The van der Waals surface area contributed by atoms with Gasteiger partial charge in [-0.2, -0.15) is 0 Å². The molecule has 100 valence electrons. The number of halogens is 1. The lowest BCUT2D eigenvalue weighted by Crippen LogP contribution is -2.30. The minimum Gasteiger partial charge on any atom is -0.496 e. The minimum absolute atomic E-state index is 0.230. The summed E-state index contributed by atoms with van der Waals surface area (Å²) >= 11 is 3.41. The van der Waals surface area contributed by atoms with Crippen molar-refractivity contribution in [2.24, 2.45) is 0 Å². The van der Waals surface area contributed by atoms with Crippen LogP contribution in [-0.2, 0) is 9.53 Å². The second kappa shape index (κ2) is 7.26. The van der Waals surface area contributed by atoms with Crippen LogP contribution >= 0.6 is 15.9 Å². The van der Waals surface area contributed by atoms with E-state index in [2.05, 4.69) is 21.2 Å². The molecule has 0 fully saturated rings. The van der Waals surface area contributed by atoms with Crippen LogP contribution in [0.15, 0.2) is 22.7 Å². The van der Waals surface area contributed by atoms with Crippen molar-refractivity contribution >= 4 is 27.6 Å². The van der Waals surface area contributed by atoms with Crippen molar-refractivity contribution in [2.45, 2.75) is 26.3 Å². The van der Waals surface area contributed by atoms with Crippen molar-refractivity contribution in [1.29, 1.82) is 0 Å². The summed E-state index contributed by atoms with van der Waals surface area (Å²) < 4.78 is 11.0. The van der Waals surface area contributed by atoms with Gasteiger partial charge in [-0.25, -0.2) is 4.79 Å². The molecule has 0 aliphatic heterocycles. The molecule has 0 saturated heterocycles. The van der Waals surface area contributed by atoms with E-state index in [1.54, 1.807) is 14.0 Å². The summed E-state index contributed by atoms with van der Waals surface area (Å²) in [6, 6.07) is 5.25. The van der Waals surface area contributed by atoms with Gasteiger partial charge >= 0.3 is 5.97 Å². The fraction of sp³-hybridized carbons (Fsp3) is 0.462. The van der Waals surface area contributed by atoms with E-state index in [0.29, 0.717) is 13.0 Å². The van der Waals surface area contributed by atoms with Gasteiger partial charge in [0.05, 0.1) is 18.2 Å². The molecule has 1 aromatic carbocycles. The summed E-state index contributed by atoms with van der Waals surface area (Å²) in [5.41, 5.74) is 0.850. The van der Waals surface area contributed by atoms with E-state index in [9.17, 15) is 4.79 Å². The van der Waals surface area contributed by atoms with E-state index in [-0.39, 0.29) is 12.0 Å². The van der Waals surface area contributed by atoms with Gasteiger partial charge in [0.25, 0.3) is 0 Å². The first-order valence-electron chi connectivity index (χ1n) is 5.89. The van der Waals surface area contributed by atoms with Gasteiger partial charge in [0.1, 0.15) is 11.8 Å². The Morgan fingerprint density at radius 1 is 1.44 bits per heavy atom. The van der Waals surface area contributed by atoms with Gasteiger partial charge < -0.3 is 14.8 Å². The number of carbonyl (C=O) groups is 1. The number of hydrogen-bond acceptors (Lipinski definition) is 4. The fourth-order valence-corrected chi connectivity index (χ4v) is 2.07. The monoisotopic (exact) mass is 315 g/mol. The third-order valence-electron chi connectivity index (χ3n) is 2.47. The lowest BCUT2D eigenvalue weighted by Gasteiger charge is -2.17. The molecule has 1 atom stereocenters. The molecule has 1 aromatic rings. The average molecular weight is 316 g/mol. The second-order valence-electron chi connectivity index (χ2n) is 3.71. The number of esters is 1. The van der Waals surface area contributed by atoms with E-state index in [1.807, 2.05) is 25.1 Å². The molecule has 0 bridgehead atoms. The summed E-state index contributed by atoms with van der Waals surface area (Å²) in [5, 5.41) is 3.15. The first kappa shape index (κ1) is 14.8. The molecular weight excluding hydrogens is 298 g/mol. The number of carbonyl (C=O) groups excluding carboxylic acids is 1. The van der Waals surface area contributed by atoms with Crippen LogP contribution in [-0.4, -0.2) is 25.7 Å². The molecule has 0 aliphatic rings. The van der Waals surface area contributed by atoms with Crippen molar-refractivity contribution in [3.8, 4) is 5.75 Å². The second-order valence-corrected chi connectivity index (χ2v) is 4.56. The quantitative estimate of drug-likeness (QED) is 0.819. The van der Waals surface area contributed by atoms with Crippen LogP contribution in [0, 0.1) is 0 Å². The number of benzene rings is 1. The normalized spacial score (nSPS) is 11.8. The Labute approximate surface area is 116 Å². The molecule has 18 heavy (non-hydrogen) atoms. The number of anilines is 1. The highest BCUT2D eigenvalue weighted by atomic mass is 79.9. The highest BCUT2D eigenvalue weighted by molar-refractivity contribution is 9.10. The van der Waals surface area contributed by atoms with Gasteiger partial charge in [-0.15, -0.1) is 0 Å². The Balaban J connectivity index is 2.76. The summed E-state index contributed by atoms with van der Waals surface area (Å²) in [4.78, 5) is 11.7. The van der Waals surface area contributed by atoms with Crippen molar-refractivity contribution < 1.29 is 14.3 Å². The number of methoxy groups -OCH3 is 1. The zero-order chi connectivity index (χ0) is 13.5. The molecule has 1 N–H and O–H groups in total. The van der Waals surface area contributed by atoms with E-state index < -0.39 is 0 Å². The van der Waals surface area contributed by atoms with Crippen molar-refractivity contribution in [1.82, 2.24) is 0 Å². The summed E-state index contributed by atoms with van der Waals surface area (Å²) in [6.07, 6.45) is 0.669. The van der Waals surface area contributed by atoms with Crippen LogP contribution in [0.1, 0.15) is 20.3 Å². The Kier molecular flexibility index (Phi) is 5.98. The van der Waals surface area contributed by atoms with E-state index in [4.69, 9.17) is 9.47 Å². The largest absolute Gasteiger partial charge is 0.496 e. The van der Waals surface area contributed by atoms with Crippen LogP contribution in [0.3, 0.4) is 0 Å². The predicted molar refractivity (Wildman–Crippen MR) is 75.0 cm³/mol. The first-order chi connectivity index (χ1) is 8.62. The molecule has 1 unspecified atom stereocenters. The SMILES string of the molecule is CCOC(=O)C(CC)Nc1ccc(OC)c(Br)c1. The van der Waals surface area contributed by atoms with Gasteiger partial charge in [-0.3, -0.25) is 0 Å². The highest BCUT2D eigenvalue weighted by Gasteiger charge is 2.17. The number of rotatable bonds is 6. The van der Waals surface area contributed by atoms with Crippen molar-refractivity contribution in [3.05, 3.63) is 22.7 Å². The van der Waals surface area contributed by atoms with E-state index in [0.717, 1.165) is 15.9 Å².